The van der Waals surface area contributed by atoms with Gasteiger partial charge in [-0.15, -0.1) is 11.3 Å². The van der Waals surface area contributed by atoms with Gasteiger partial charge in [-0.05, 0) is 19.1 Å². The second-order valence-corrected chi connectivity index (χ2v) is 6.43. The maximum absolute atomic E-state index is 13.5. The molecular formula is C17H15F2N3O3S. The summed E-state index contributed by atoms with van der Waals surface area (Å²) in [6, 6.07) is 4.19. The van der Waals surface area contributed by atoms with Gasteiger partial charge in [-0.25, -0.2) is 13.8 Å². The molecule has 0 bridgehead atoms. The first-order valence-corrected chi connectivity index (χ1v) is 8.53. The maximum Gasteiger partial charge on any atom is 0.276 e. The van der Waals surface area contributed by atoms with Crippen LogP contribution < -0.4 is 4.74 Å². The summed E-state index contributed by atoms with van der Waals surface area (Å²) in [4.78, 5) is 18.2. The van der Waals surface area contributed by atoms with Gasteiger partial charge in [0.1, 0.15) is 17.4 Å². The van der Waals surface area contributed by atoms with E-state index >= 15 is 0 Å². The summed E-state index contributed by atoms with van der Waals surface area (Å²) in [5.74, 6) is -1.73. The summed E-state index contributed by atoms with van der Waals surface area (Å²) in [6.07, 6.45) is 1.68. The predicted molar refractivity (Wildman–Crippen MR) is 89.8 cm³/mol. The summed E-state index contributed by atoms with van der Waals surface area (Å²) >= 11 is 1.45. The standard InChI is InChI=1S/C17H15F2N3O3S/c1-10(16-20-5-6-26-16)22(2)17(23)14-8-12(25-21-14)9-24-15-4-3-11(18)7-13(15)19/h3-8,10H,9H2,1-2H3. The quantitative estimate of drug-likeness (QED) is 0.651. The molecule has 6 nitrogen and oxygen atoms in total. The number of ether oxygens (including phenoxy) is 1. The Labute approximate surface area is 152 Å². The highest BCUT2D eigenvalue weighted by atomic mass is 32.1. The molecule has 0 radical (unpaired) electrons. The van der Waals surface area contributed by atoms with Crippen LogP contribution in [0.1, 0.15) is 34.2 Å². The normalized spacial score (nSPS) is 12.0. The van der Waals surface area contributed by atoms with Crippen LogP contribution in [0.4, 0.5) is 8.78 Å². The topological polar surface area (TPSA) is 68.5 Å². The zero-order valence-electron chi connectivity index (χ0n) is 14.0. The van der Waals surface area contributed by atoms with Gasteiger partial charge < -0.3 is 14.2 Å². The van der Waals surface area contributed by atoms with Crippen LogP contribution in [-0.2, 0) is 6.61 Å². The van der Waals surface area contributed by atoms with Gasteiger partial charge in [-0.1, -0.05) is 5.16 Å². The predicted octanol–water partition coefficient (Wildman–Crippen LogP) is 3.82. The van der Waals surface area contributed by atoms with Gasteiger partial charge in [-0.3, -0.25) is 4.79 Å². The molecule has 2 aromatic heterocycles. The molecule has 0 aliphatic carbocycles. The second-order valence-electron chi connectivity index (χ2n) is 5.50. The minimum absolute atomic E-state index is 0.106. The fourth-order valence-corrected chi connectivity index (χ4v) is 2.92. The monoisotopic (exact) mass is 379 g/mol. The van der Waals surface area contributed by atoms with Crippen molar-refractivity contribution in [3.05, 3.63) is 63.9 Å². The average Bonchev–Trinajstić information content (AvgIpc) is 3.31. The van der Waals surface area contributed by atoms with Crippen LogP contribution >= 0.6 is 11.3 Å². The van der Waals surface area contributed by atoms with E-state index in [4.69, 9.17) is 9.26 Å². The van der Waals surface area contributed by atoms with E-state index in [1.165, 1.54) is 28.4 Å². The van der Waals surface area contributed by atoms with Crippen molar-refractivity contribution in [2.45, 2.75) is 19.6 Å². The summed E-state index contributed by atoms with van der Waals surface area (Å²) in [5, 5.41) is 6.38. The Kier molecular flexibility index (Phi) is 5.27. The molecule has 0 saturated carbocycles. The number of carbonyl (C=O) groups excluding carboxylic acids is 1. The Morgan fingerprint density at radius 1 is 1.38 bits per heavy atom. The smallest absolute Gasteiger partial charge is 0.276 e. The molecule has 0 aliphatic rings. The molecule has 1 aromatic carbocycles. The van der Waals surface area contributed by atoms with E-state index in [0.717, 1.165) is 17.1 Å². The van der Waals surface area contributed by atoms with Crippen LogP contribution in [0.25, 0.3) is 0 Å². The Bertz CT molecular complexity index is 899. The molecule has 2 heterocycles. The molecule has 3 aromatic rings. The van der Waals surface area contributed by atoms with Gasteiger partial charge in [0.05, 0.1) is 6.04 Å². The highest BCUT2D eigenvalue weighted by molar-refractivity contribution is 7.09. The summed E-state index contributed by atoms with van der Waals surface area (Å²) in [6.45, 7) is 1.72. The van der Waals surface area contributed by atoms with Crippen molar-refractivity contribution in [1.82, 2.24) is 15.0 Å². The third-order valence-electron chi connectivity index (χ3n) is 3.75. The van der Waals surface area contributed by atoms with Crippen LogP contribution in [0.15, 0.2) is 40.4 Å². The molecule has 26 heavy (non-hydrogen) atoms. The number of amides is 1. The molecule has 0 spiro atoms. The molecule has 0 aliphatic heterocycles. The minimum Gasteiger partial charge on any atom is -0.482 e. The number of nitrogens with zero attached hydrogens (tertiary/aromatic N) is 3. The zero-order valence-corrected chi connectivity index (χ0v) is 14.8. The molecule has 0 saturated heterocycles. The summed E-state index contributed by atoms with van der Waals surface area (Å²) < 4.78 is 36.7. The molecule has 1 atom stereocenters. The number of aromatic nitrogens is 2. The van der Waals surface area contributed by atoms with Crippen molar-refractivity contribution in [2.75, 3.05) is 7.05 Å². The zero-order chi connectivity index (χ0) is 18.7. The molecule has 0 N–H and O–H groups in total. The Morgan fingerprint density at radius 3 is 2.88 bits per heavy atom. The average molecular weight is 379 g/mol. The highest BCUT2D eigenvalue weighted by Crippen LogP contribution is 2.23. The van der Waals surface area contributed by atoms with Gasteiger partial charge in [0.25, 0.3) is 5.91 Å². The van der Waals surface area contributed by atoms with Crippen LogP contribution in [0.5, 0.6) is 5.75 Å². The van der Waals surface area contributed by atoms with E-state index in [1.54, 1.807) is 13.2 Å². The van der Waals surface area contributed by atoms with Gasteiger partial charge >= 0.3 is 0 Å². The number of hydrogen-bond acceptors (Lipinski definition) is 6. The molecule has 136 valence electrons. The maximum atomic E-state index is 13.5. The van der Waals surface area contributed by atoms with Crippen LogP contribution in [-0.4, -0.2) is 28.0 Å². The van der Waals surface area contributed by atoms with Gasteiger partial charge in [0.2, 0.25) is 0 Å². The number of thiazole rings is 1. The summed E-state index contributed by atoms with van der Waals surface area (Å²) in [5.41, 5.74) is 0.106. The third kappa shape index (κ3) is 3.88. The van der Waals surface area contributed by atoms with Gasteiger partial charge in [0.15, 0.2) is 23.0 Å². The van der Waals surface area contributed by atoms with Gasteiger partial charge in [0, 0.05) is 30.8 Å². The van der Waals surface area contributed by atoms with Crippen molar-refractivity contribution < 1.29 is 22.8 Å². The first kappa shape index (κ1) is 18.0. The van der Waals surface area contributed by atoms with E-state index in [9.17, 15) is 13.6 Å². The minimum atomic E-state index is -0.821. The lowest BCUT2D eigenvalue weighted by Crippen LogP contribution is -2.29. The van der Waals surface area contributed by atoms with Crippen molar-refractivity contribution in [1.29, 1.82) is 0 Å². The lowest BCUT2D eigenvalue weighted by molar-refractivity contribution is 0.0731. The fraction of sp³-hybridized carbons (Fsp3) is 0.235. The molecule has 1 amide bonds. The summed E-state index contributed by atoms with van der Waals surface area (Å²) in [7, 11) is 1.65. The number of hydrogen-bond donors (Lipinski definition) is 0. The Balaban J connectivity index is 1.64. The fourth-order valence-electron chi connectivity index (χ4n) is 2.19. The van der Waals surface area contributed by atoms with Crippen LogP contribution in [0.3, 0.4) is 0 Å². The molecule has 0 fully saturated rings. The molecule has 3 rings (SSSR count). The van der Waals surface area contributed by atoms with Crippen LogP contribution in [0.2, 0.25) is 0 Å². The number of rotatable bonds is 6. The molecule has 9 heteroatoms. The second kappa shape index (κ2) is 7.61. The Morgan fingerprint density at radius 2 is 2.19 bits per heavy atom. The van der Waals surface area contributed by atoms with E-state index < -0.39 is 11.6 Å². The van der Waals surface area contributed by atoms with Gasteiger partial charge in [-0.2, -0.15) is 0 Å². The van der Waals surface area contributed by atoms with E-state index in [2.05, 4.69) is 10.1 Å². The highest BCUT2D eigenvalue weighted by Gasteiger charge is 2.23. The van der Waals surface area contributed by atoms with Crippen molar-refractivity contribution in [3.63, 3.8) is 0 Å². The number of benzene rings is 1. The van der Waals surface area contributed by atoms with E-state index in [-0.39, 0.29) is 35.8 Å². The first-order chi connectivity index (χ1) is 12.5. The number of carbonyl (C=O) groups is 1. The number of halogens is 2. The third-order valence-corrected chi connectivity index (χ3v) is 4.70. The lowest BCUT2D eigenvalue weighted by Gasteiger charge is -2.21. The molecule has 1 unspecified atom stereocenters. The lowest BCUT2D eigenvalue weighted by atomic mass is 10.2. The van der Waals surface area contributed by atoms with Crippen molar-refractivity contribution in [2.24, 2.45) is 0 Å². The Hall–Kier alpha value is -2.81. The SMILES string of the molecule is CC(c1nccs1)N(C)C(=O)c1cc(COc2ccc(F)cc2F)on1. The van der Waals surface area contributed by atoms with Crippen molar-refractivity contribution in [3.8, 4) is 5.75 Å². The largest absolute Gasteiger partial charge is 0.482 e. The first-order valence-electron chi connectivity index (χ1n) is 7.65. The van der Waals surface area contributed by atoms with Crippen LogP contribution in [0, 0.1) is 11.6 Å². The molecular weight excluding hydrogens is 364 g/mol. The van der Waals surface area contributed by atoms with E-state index in [1.807, 2.05) is 12.3 Å². The van der Waals surface area contributed by atoms with E-state index in [0.29, 0.717) is 0 Å². The van der Waals surface area contributed by atoms with Crippen molar-refractivity contribution >= 4 is 17.2 Å².